The summed E-state index contributed by atoms with van der Waals surface area (Å²) in [6.07, 6.45) is 1.74. The van der Waals surface area contributed by atoms with Gasteiger partial charge in [-0.1, -0.05) is 0 Å². The second kappa shape index (κ2) is 3.18. The van der Waals surface area contributed by atoms with E-state index in [-0.39, 0.29) is 0 Å². The highest BCUT2D eigenvalue weighted by Crippen LogP contribution is 2.29. The molecule has 0 bridgehead atoms. The van der Waals surface area contributed by atoms with Crippen molar-refractivity contribution >= 4 is 17.2 Å². The van der Waals surface area contributed by atoms with Gasteiger partial charge < -0.3 is 5.73 Å². The molecule has 0 aliphatic carbocycles. The number of hydrogen-bond acceptors (Lipinski definition) is 3. The van der Waals surface area contributed by atoms with Crippen LogP contribution in [0.2, 0.25) is 0 Å². The minimum absolute atomic E-state index is 0.610. The van der Waals surface area contributed by atoms with Crippen molar-refractivity contribution < 1.29 is 0 Å². The summed E-state index contributed by atoms with van der Waals surface area (Å²) < 4.78 is 0. The molecular weight excluding hydrogens is 180 g/mol. The Morgan fingerprint density at radius 3 is 2.85 bits per heavy atom. The van der Waals surface area contributed by atoms with Crippen LogP contribution >= 0.6 is 11.3 Å². The molecule has 0 saturated carbocycles. The topological polar surface area (TPSA) is 38.9 Å². The lowest BCUT2D eigenvalue weighted by atomic mass is 10.1. The number of nitrogens with two attached hydrogens (primary N) is 1. The average Bonchev–Trinajstić information content (AvgIpc) is 2.57. The highest BCUT2D eigenvalue weighted by molar-refractivity contribution is 7.08. The first kappa shape index (κ1) is 8.26. The van der Waals surface area contributed by atoms with Crippen molar-refractivity contribution in [3.8, 4) is 11.1 Å². The normalized spacial score (nSPS) is 10.2. The van der Waals surface area contributed by atoms with E-state index in [4.69, 9.17) is 5.73 Å². The van der Waals surface area contributed by atoms with E-state index >= 15 is 0 Å². The van der Waals surface area contributed by atoms with Gasteiger partial charge in [0.2, 0.25) is 0 Å². The van der Waals surface area contributed by atoms with Gasteiger partial charge in [-0.05, 0) is 40.9 Å². The number of rotatable bonds is 1. The molecule has 0 radical (unpaired) electrons. The molecule has 0 fully saturated rings. The van der Waals surface area contributed by atoms with Crippen LogP contribution in [0, 0.1) is 6.92 Å². The number of anilines is 1. The molecule has 2 nitrogen and oxygen atoms in total. The van der Waals surface area contributed by atoms with Gasteiger partial charge in [-0.2, -0.15) is 11.3 Å². The van der Waals surface area contributed by atoms with Gasteiger partial charge >= 0.3 is 0 Å². The number of nitrogens with zero attached hydrogens (tertiary/aromatic N) is 1. The summed E-state index contributed by atoms with van der Waals surface area (Å²) in [7, 11) is 0. The molecule has 2 aromatic heterocycles. The number of aromatic nitrogens is 1. The van der Waals surface area contributed by atoms with Crippen LogP contribution in [-0.4, -0.2) is 4.98 Å². The number of nitrogen functional groups attached to an aromatic ring is 1. The fourth-order valence-electron chi connectivity index (χ4n) is 1.36. The third kappa shape index (κ3) is 1.42. The van der Waals surface area contributed by atoms with E-state index < -0.39 is 0 Å². The Hall–Kier alpha value is -1.35. The number of hydrogen-bond donors (Lipinski definition) is 1. The summed E-state index contributed by atoms with van der Waals surface area (Å²) in [5.74, 6) is 0.610. The largest absolute Gasteiger partial charge is 0.383 e. The Morgan fingerprint density at radius 1 is 1.38 bits per heavy atom. The smallest absolute Gasteiger partial charge is 0.131 e. The summed E-state index contributed by atoms with van der Waals surface area (Å²) in [6, 6.07) is 4.04. The Kier molecular flexibility index (Phi) is 2.02. The Balaban J connectivity index is 2.64. The van der Waals surface area contributed by atoms with Crippen molar-refractivity contribution in [2.75, 3.05) is 5.73 Å². The summed E-state index contributed by atoms with van der Waals surface area (Å²) in [5, 5.41) is 4.13. The second-order valence-corrected chi connectivity index (χ2v) is 3.68. The summed E-state index contributed by atoms with van der Waals surface area (Å²) in [5.41, 5.74) is 9.20. The molecule has 0 spiro atoms. The van der Waals surface area contributed by atoms with Crippen LogP contribution in [-0.2, 0) is 0 Å². The number of thiophene rings is 1. The Morgan fingerprint density at radius 2 is 2.23 bits per heavy atom. The molecule has 2 rings (SSSR count). The molecule has 0 aliphatic rings. The molecule has 0 amide bonds. The molecule has 0 unspecified atom stereocenters. The maximum Gasteiger partial charge on any atom is 0.131 e. The van der Waals surface area contributed by atoms with Gasteiger partial charge in [0.25, 0.3) is 0 Å². The van der Waals surface area contributed by atoms with E-state index in [1.165, 1.54) is 5.56 Å². The first-order valence-corrected chi connectivity index (χ1v) is 4.97. The zero-order chi connectivity index (χ0) is 9.26. The summed E-state index contributed by atoms with van der Waals surface area (Å²) >= 11 is 1.67. The average molecular weight is 190 g/mol. The lowest BCUT2D eigenvalue weighted by Gasteiger charge is -2.05. The lowest BCUT2D eigenvalue weighted by Crippen LogP contribution is -1.94. The summed E-state index contributed by atoms with van der Waals surface area (Å²) in [4.78, 5) is 4.08. The highest BCUT2D eigenvalue weighted by atomic mass is 32.1. The van der Waals surface area contributed by atoms with Gasteiger partial charge in [0.1, 0.15) is 5.82 Å². The van der Waals surface area contributed by atoms with E-state index in [1.54, 1.807) is 17.5 Å². The molecular formula is C10H10N2S. The van der Waals surface area contributed by atoms with Gasteiger partial charge in [-0.25, -0.2) is 4.98 Å². The summed E-state index contributed by atoms with van der Waals surface area (Å²) in [6.45, 7) is 2.05. The lowest BCUT2D eigenvalue weighted by molar-refractivity contribution is 1.30. The van der Waals surface area contributed by atoms with E-state index in [9.17, 15) is 0 Å². The van der Waals surface area contributed by atoms with E-state index in [1.807, 2.05) is 18.4 Å². The van der Waals surface area contributed by atoms with Gasteiger partial charge in [0.15, 0.2) is 0 Å². The van der Waals surface area contributed by atoms with Crippen LogP contribution in [0.4, 0.5) is 5.82 Å². The Bertz CT molecular complexity index is 387. The van der Waals surface area contributed by atoms with Crippen molar-refractivity contribution in [2.45, 2.75) is 6.92 Å². The SMILES string of the molecule is Cc1ccnc(N)c1-c1ccsc1. The molecule has 0 aromatic carbocycles. The maximum absolute atomic E-state index is 5.81. The van der Waals surface area contributed by atoms with Crippen molar-refractivity contribution in [1.29, 1.82) is 0 Å². The minimum atomic E-state index is 0.610. The fourth-order valence-corrected chi connectivity index (χ4v) is 2.01. The van der Waals surface area contributed by atoms with Gasteiger partial charge in [-0.3, -0.25) is 0 Å². The molecule has 2 heterocycles. The quantitative estimate of drug-likeness (QED) is 0.751. The maximum atomic E-state index is 5.81. The zero-order valence-electron chi connectivity index (χ0n) is 7.32. The van der Waals surface area contributed by atoms with Crippen molar-refractivity contribution in [1.82, 2.24) is 4.98 Å². The van der Waals surface area contributed by atoms with Crippen LogP contribution in [0.15, 0.2) is 29.1 Å². The monoisotopic (exact) mass is 190 g/mol. The molecule has 3 heteroatoms. The molecule has 0 atom stereocenters. The van der Waals surface area contributed by atoms with Gasteiger partial charge in [0, 0.05) is 11.8 Å². The van der Waals surface area contributed by atoms with E-state index in [2.05, 4.69) is 16.4 Å². The van der Waals surface area contributed by atoms with E-state index in [0.29, 0.717) is 5.82 Å². The molecule has 0 saturated heterocycles. The van der Waals surface area contributed by atoms with Gasteiger partial charge in [-0.15, -0.1) is 0 Å². The molecule has 66 valence electrons. The predicted molar refractivity (Wildman–Crippen MR) is 56.7 cm³/mol. The van der Waals surface area contributed by atoms with Crippen LogP contribution in [0.1, 0.15) is 5.56 Å². The molecule has 2 N–H and O–H groups in total. The number of aryl methyl sites for hydroxylation is 1. The highest BCUT2D eigenvalue weighted by Gasteiger charge is 2.06. The minimum Gasteiger partial charge on any atom is -0.383 e. The van der Waals surface area contributed by atoms with Crippen LogP contribution in [0.25, 0.3) is 11.1 Å². The molecule has 2 aromatic rings. The van der Waals surface area contributed by atoms with Gasteiger partial charge in [0.05, 0.1) is 0 Å². The van der Waals surface area contributed by atoms with Crippen molar-refractivity contribution in [2.24, 2.45) is 0 Å². The fraction of sp³-hybridized carbons (Fsp3) is 0.100. The first-order chi connectivity index (χ1) is 6.29. The predicted octanol–water partition coefficient (Wildman–Crippen LogP) is 2.70. The van der Waals surface area contributed by atoms with Crippen molar-refractivity contribution in [3.63, 3.8) is 0 Å². The molecule has 0 aliphatic heterocycles. The third-order valence-electron chi connectivity index (χ3n) is 2.00. The Labute approximate surface area is 81.1 Å². The second-order valence-electron chi connectivity index (χ2n) is 2.90. The standard InChI is InChI=1S/C10H10N2S/c1-7-2-4-12-10(11)9(7)8-3-5-13-6-8/h2-6H,1H3,(H2,11,12). The van der Waals surface area contributed by atoms with Crippen LogP contribution in [0.3, 0.4) is 0 Å². The van der Waals surface area contributed by atoms with Crippen molar-refractivity contribution in [3.05, 3.63) is 34.7 Å². The zero-order valence-corrected chi connectivity index (χ0v) is 8.14. The van der Waals surface area contributed by atoms with E-state index in [0.717, 1.165) is 11.1 Å². The van der Waals surface area contributed by atoms with Crippen LogP contribution in [0.5, 0.6) is 0 Å². The third-order valence-corrected chi connectivity index (χ3v) is 2.68. The number of pyridine rings is 1. The molecule has 13 heavy (non-hydrogen) atoms. The van der Waals surface area contributed by atoms with Crippen LogP contribution < -0.4 is 5.73 Å². The first-order valence-electron chi connectivity index (χ1n) is 4.02.